The van der Waals surface area contributed by atoms with E-state index in [2.05, 4.69) is 15.5 Å². The molecule has 1 N–H and O–H groups in total. The van der Waals surface area contributed by atoms with Crippen molar-refractivity contribution < 1.29 is 14.3 Å². The van der Waals surface area contributed by atoms with E-state index in [1.165, 1.54) is 29.2 Å². The van der Waals surface area contributed by atoms with Crippen LogP contribution in [0.15, 0.2) is 46.8 Å². The minimum absolute atomic E-state index is 0.211. The van der Waals surface area contributed by atoms with Crippen LogP contribution < -0.4 is 14.8 Å². The third-order valence-corrected chi connectivity index (χ3v) is 6.57. The molecule has 1 amide bonds. The SMILES string of the molecule is O=C(C=Cc1ccc2c(c1)OCO2)Nc1nnc(SCc2c(Cl)cccc2Cl)s1. The second-order valence-corrected chi connectivity index (χ2v) is 8.81. The van der Waals surface area contributed by atoms with E-state index in [0.29, 0.717) is 36.8 Å². The highest BCUT2D eigenvalue weighted by atomic mass is 35.5. The van der Waals surface area contributed by atoms with Gasteiger partial charge >= 0.3 is 0 Å². The van der Waals surface area contributed by atoms with Crippen molar-refractivity contribution in [3.05, 3.63) is 63.6 Å². The number of ether oxygens (including phenoxy) is 2. The number of rotatable bonds is 6. The molecule has 4 rings (SSSR count). The van der Waals surface area contributed by atoms with Gasteiger partial charge in [0.25, 0.3) is 0 Å². The predicted molar refractivity (Wildman–Crippen MR) is 116 cm³/mol. The monoisotopic (exact) mass is 465 g/mol. The zero-order valence-electron chi connectivity index (χ0n) is 14.7. The van der Waals surface area contributed by atoms with Gasteiger partial charge in [0, 0.05) is 21.9 Å². The molecule has 1 aromatic heterocycles. The Hall–Kier alpha value is -2.26. The minimum Gasteiger partial charge on any atom is -0.454 e. The number of thioether (sulfide) groups is 1. The van der Waals surface area contributed by atoms with Gasteiger partial charge in [0.05, 0.1) is 0 Å². The highest BCUT2D eigenvalue weighted by Crippen LogP contribution is 2.34. The lowest BCUT2D eigenvalue weighted by Crippen LogP contribution is -2.07. The Labute approximate surface area is 184 Å². The van der Waals surface area contributed by atoms with Gasteiger partial charge < -0.3 is 9.47 Å². The molecule has 3 aromatic rings. The van der Waals surface area contributed by atoms with E-state index in [-0.39, 0.29) is 12.7 Å². The van der Waals surface area contributed by atoms with Crippen LogP contribution in [0.2, 0.25) is 10.0 Å². The Morgan fingerprint density at radius 2 is 1.97 bits per heavy atom. The standard InChI is InChI=1S/C19H13Cl2N3O3S2/c20-13-2-1-3-14(21)12(13)9-28-19-24-23-18(29-19)22-17(25)7-5-11-4-6-15-16(8-11)27-10-26-15/h1-8H,9-10H2,(H,22,23,25). The van der Waals surface area contributed by atoms with E-state index in [9.17, 15) is 4.79 Å². The molecule has 1 aliphatic heterocycles. The Bertz CT molecular complexity index is 1070. The fourth-order valence-corrected chi connectivity index (χ4v) is 4.96. The molecular formula is C19H13Cl2N3O3S2. The molecule has 0 aliphatic carbocycles. The molecule has 0 saturated carbocycles. The van der Waals surface area contributed by atoms with Crippen LogP contribution >= 0.6 is 46.3 Å². The summed E-state index contributed by atoms with van der Waals surface area (Å²) in [5.41, 5.74) is 1.67. The van der Waals surface area contributed by atoms with Gasteiger partial charge in [-0.05, 0) is 41.5 Å². The summed E-state index contributed by atoms with van der Waals surface area (Å²) in [6.45, 7) is 0.211. The normalized spacial score (nSPS) is 12.5. The molecule has 29 heavy (non-hydrogen) atoms. The Morgan fingerprint density at radius 3 is 2.79 bits per heavy atom. The molecule has 0 spiro atoms. The highest BCUT2D eigenvalue weighted by Gasteiger charge is 2.13. The van der Waals surface area contributed by atoms with Gasteiger partial charge in [0.1, 0.15) is 0 Å². The number of hydrogen-bond donors (Lipinski definition) is 1. The van der Waals surface area contributed by atoms with Crippen molar-refractivity contribution in [1.29, 1.82) is 0 Å². The number of nitrogens with one attached hydrogen (secondary N) is 1. The lowest BCUT2D eigenvalue weighted by Gasteiger charge is -2.04. The topological polar surface area (TPSA) is 73.3 Å². The van der Waals surface area contributed by atoms with Gasteiger partial charge in [-0.2, -0.15) is 0 Å². The summed E-state index contributed by atoms with van der Waals surface area (Å²) in [7, 11) is 0. The number of hydrogen-bond acceptors (Lipinski definition) is 7. The van der Waals surface area contributed by atoms with Crippen molar-refractivity contribution in [2.24, 2.45) is 0 Å². The lowest BCUT2D eigenvalue weighted by atomic mass is 10.2. The molecule has 2 heterocycles. The number of anilines is 1. The number of fused-ring (bicyclic) bond motifs is 1. The Morgan fingerprint density at radius 1 is 1.17 bits per heavy atom. The van der Waals surface area contributed by atoms with Crippen molar-refractivity contribution in [1.82, 2.24) is 10.2 Å². The number of halogens is 2. The van der Waals surface area contributed by atoms with E-state index in [4.69, 9.17) is 32.7 Å². The quantitative estimate of drug-likeness (QED) is 0.293. The predicted octanol–water partition coefficient (Wildman–Crippen LogP) is 5.52. The average Bonchev–Trinajstić information content (AvgIpc) is 3.35. The second-order valence-electron chi connectivity index (χ2n) is 5.80. The van der Waals surface area contributed by atoms with Crippen LogP contribution in [0.4, 0.5) is 5.13 Å². The van der Waals surface area contributed by atoms with Crippen LogP contribution in [0, 0.1) is 0 Å². The van der Waals surface area contributed by atoms with E-state index in [1.807, 2.05) is 12.1 Å². The first-order valence-corrected chi connectivity index (χ1v) is 10.9. The summed E-state index contributed by atoms with van der Waals surface area (Å²) in [4.78, 5) is 12.1. The molecule has 0 bridgehead atoms. The third kappa shape index (κ3) is 5.02. The summed E-state index contributed by atoms with van der Waals surface area (Å²) in [5, 5.41) is 12.4. The van der Waals surface area contributed by atoms with E-state index in [0.717, 1.165) is 11.1 Å². The fourth-order valence-electron chi connectivity index (χ4n) is 2.46. The summed E-state index contributed by atoms with van der Waals surface area (Å²) in [6.07, 6.45) is 3.11. The maximum atomic E-state index is 12.1. The van der Waals surface area contributed by atoms with Crippen LogP contribution in [0.5, 0.6) is 11.5 Å². The summed E-state index contributed by atoms with van der Waals surface area (Å²) < 4.78 is 11.3. The molecular weight excluding hydrogens is 453 g/mol. The molecule has 0 unspecified atom stereocenters. The molecule has 148 valence electrons. The first-order valence-electron chi connectivity index (χ1n) is 8.36. The van der Waals surface area contributed by atoms with Gasteiger partial charge in [-0.15, -0.1) is 10.2 Å². The number of nitrogens with zero attached hydrogens (tertiary/aromatic N) is 2. The van der Waals surface area contributed by atoms with Crippen molar-refractivity contribution in [2.75, 3.05) is 12.1 Å². The molecule has 1 aliphatic rings. The highest BCUT2D eigenvalue weighted by molar-refractivity contribution is 8.00. The van der Waals surface area contributed by atoms with Crippen molar-refractivity contribution >= 4 is 63.4 Å². The number of benzene rings is 2. The van der Waals surface area contributed by atoms with Gasteiger partial charge in [-0.1, -0.05) is 58.4 Å². The Balaban J connectivity index is 1.33. The maximum Gasteiger partial charge on any atom is 0.250 e. The minimum atomic E-state index is -0.301. The summed E-state index contributed by atoms with van der Waals surface area (Å²) >= 11 is 15.1. The molecule has 0 fully saturated rings. The van der Waals surface area contributed by atoms with Gasteiger partial charge in [-0.3, -0.25) is 10.1 Å². The molecule has 0 saturated heterocycles. The molecule has 0 atom stereocenters. The first-order chi connectivity index (χ1) is 14.1. The van der Waals surface area contributed by atoms with E-state index in [1.54, 1.807) is 30.3 Å². The zero-order valence-corrected chi connectivity index (χ0v) is 17.9. The van der Waals surface area contributed by atoms with Crippen LogP contribution in [0.1, 0.15) is 11.1 Å². The number of aromatic nitrogens is 2. The van der Waals surface area contributed by atoms with Gasteiger partial charge in [-0.25, -0.2) is 0 Å². The van der Waals surface area contributed by atoms with Crippen molar-refractivity contribution in [2.45, 2.75) is 10.1 Å². The van der Waals surface area contributed by atoms with Crippen LogP contribution in [-0.2, 0) is 10.5 Å². The summed E-state index contributed by atoms with van der Waals surface area (Å²) in [5.74, 6) is 1.62. The number of carbonyl (C=O) groups excluding carboxylic acids is 1. The maximum absolute atomic E-state index is 12.1. The fraction of sp³-hybridized carbons (Fsp3) is 0.105. The molecule has 10 heteroatoms. The smallest absolute Gasteiger partial charge is 0.250 e. The van der Waals surface area contributed by atoms with Gasteiger partial charge in [0.2, 0.25) is 17.8 Å². The number of amides is 1. The van der Waals surface area contributed by atoms with Crippen LogP contribution in [0.25, 0.3) is 6.08 Å². The van der Waals surface area contributed by atoms with Crippen molar-refractivity contribution in [3.8, 4) is 11.5 Å². The Kier molecular flexibility index (Phi) is 6.25. The van der Waals surface area contributed by atoms with Crippen LogP contribution in [-0.4, -0.2) is 22.9 Å². The summed E-state index contributed by atoms with van der Waals surface area (Å²) in [6, 6.07) is 10.8. The lowest BCUT2D eigenvalue weighted by molar-refractivity contribution is -0.111. The molecule has 6 nitrogen and oxygen atoms in total. The van der Waals surface area contributed by atoms with Gasteiger partial charge in [0.15, 0.2) is 15.8 Å². The average molecular weight is 466 g/mol. The molecule has 0 radical (unpaired) electrons. The van der Waals surface area contributed by atoms with E-state index >= 15 is 0 Å². The second kappa shape index (κ2) is 9.04. The first kappa shape index (κ1) is 20.0. The third-order valence-electron chi connectivity index (χ3n) is 3.86. The van der Waals surface area contributed by atoms with Crippen LogP contribution in [0.3, 0.4) is 0 Å². The number of carbonyl (C=O) groups is 1. The largest absolute Gasteiger partial charge is 0.454 e. The zero-order chi connectivity index (χ0) is 20.2. The van der Waals surface area contributed by atoms with Crippen molar-refractivity contribution in [3.63, 3.8) is 0 Å². The van der Waals surface area contributed by atoms with E-state index < -0.39 is 0 Å². The molecule has 2 aromatic carbocycles.